The van der Waals surface area contributed by atoms with Gasteiger partial charge in [-0.25, -0.2) is 4.98 Å². The number of hydrogen-bond acceptors (Lipinski definition) is 6. The number of ether oxygens (including phenoxy) is 2. The number of hydrogen-bond donors (Lipinski definition) is 2. The average molecular weight is 444 g/mol. The molecule has 3 rings (SSSR count). The van der Waals surface area contributed by atoms with Crippen LogP contribution >= 0.6 is 0 Å². The van der Waals surface area contributed by atoms with Crippen molar-refractivity contribution in [1.29, 1.82) is 0 Å². The largest absolute Gasteiger partial charge is 0.493 e. The molecule has 1 aromatic carbocycles. The molecule has 0 radical (unpaired) electrons. The van der Waals surface area contributed by atoms with Crippen molar-refractivity contribution < 1.29 is 23.0 Å². The Labute approximate surface area is 182 Å². The molecule has 0 aliphatic rings. The number of rotatable bonds is 9. The van der Waals surface area contributed by atoms with Crippen LogP contribution in [0.25, 0.3) is 11.4 Å². The maximum Gasteiger partial charge on any atom is 0.387 e. The van der Waals surface area contributed by atoms with E-state index in [-0.39, 0.29) is 35.9 Å². The molecular formula is C22H22F2N4O4. The Bertz CT molecular complexity index is 1140. The molecule has 0 spiro atoms. The smallest absolute Gasteiger partial charge is 0.387 e. The minimum atomic E-state index is -2.97. The molecule has 3 aromatic rings. The summed E-state index contributed by atoms with van der Waals surface area (Å²) in [5.74, 6) is 0.140. The number of nitrogens with zero attached hydrogens (tertiary/aromatic N) is 2. The lowest BCUT2D eigenvalue weighted by Crippen LogP contribution is -2.30. The highest BCUT2D eigenvalue weighted by atomic mass is 19.3. The third-order valence-electron chi connectivity index (χ3n) is 4.67. The first-order chi connectivity index (χ1) is 15.4. The SMILES string of the molecule is COc1ccc(CCNC(=O)Cc2c(C)nc(-c3cccnc3)[nH]c2=O)cc1OC(F)F. The lowest BCUT2D eigenvalue weighted by atomic mass is 10.1. The summed E-state index contributed by atoms with van der Waals surface area (Å²) in [4.78, 5) is 35.8. The zero-order valence-corrected chi connectivity index (χ0v) is 17.5. The van der Waals surface area contributed by atoms with Gasteiger partial charge in [-0.1, -0.05) is 6.07 Å². The summed E-state index contributed by atoms with van der Waals surface area (Å²) < 4.78 is 34.6. The van der Waals surface area contributed by atoms with Crippen LogP contribution in [-0.2, 0) is 17.6 Å². The van der Waals surface area contributed by atoms with E-state index in [0.29, 0.717) is 29.1 Å². The zero-order valence-electron chi connectivity index (χ0n) is 17.5. The van der Waals surface area contributed by atoms with Gasteiger partial charge in [-0.3, -0.25) is 14.6 Å². The van der Waals surface area contributed by atoms with Gasteiger partial charge in [0, 0.05) is 35.8 Å². The first kappa shape index (κ1) is 22.9. The molecule has 10 heteroatoms. The van der Waals surface area contributed by atoms with Crippen molar-refractivity contribution >= 4 is 5.91 Å². The molecular weight excluding hydrogens is 422 g/mol. The van der Waals surface area contributed by atoms with Crippen molar-refractivity contribution in [2.45, 2.75) is 26.4 Å². The average Bonchev–Trinajstić information content (AvgIpc) is 2.76. The van der Waals surface area contributed by atoms with Crippen molar-refractivity contribution in [2.24, 2.45) is 0 Å². The van der Waals surface area contributed by atoms with E-state index in [9.17, 15) is 18.4 Å². The highest BCUT2D eigenvalue weighted by Crippen LogP contribution is 2.29. The summed E-state index contributed by atoms with van der Waals surface area (Å²) in [6.07, 6.45) is 3.44. The number of aromatic amines is 1. The minimum Gasteiger partial charge on any atom is -0.493 e. The predicted octanol–water partition coefficient (Wildman–Crippen LogP) is 2.65. The van der Waals surface area contributed by atoms with Crippen molar-refractivity contribution in [3.8, 4) is 22.9 Å². The fraction of sp³-hybridized carbons (Fsp3) is 0.273. The molecule has 0 aliphatic carbocycles. The molecule has 0 aliphatic heterocycles. The standard InChI is InChI=1S/C22H22F2N4O4/c1-13-16(21(30)28-20(27-13)15-4-3-8-25-12-15)11-19(29)26-9-7-14-5-6-17(31-2)18(10-14)32-22(23)24/h3-6,8,10,12,22H,7,9,11H2,1-2H3,(H,26,29)(H,27,28,30). The van der Waals surface area contributed by atoms with E-state index < -0.39 is 12.2 Å². The molecule has 0 unspecified atom stereocenters. The highest BCUT2D eigenvalue weighted by Gasteiger charge is 2.14. The first-order valence-corrected chi connectivity index (χ1v) is 9.76. The topological polar surface area (TPSA) is 106 Å². The third-order valence-corrected chi connectivity index (χ3v) is 4.67. The normalized spacial score (nSPS) is 10.8. The van der Waals surface area contributed by atoms with Crippen LogP contribution < -0.4 is 20.3 Å². The molecule has 0 fully saturated rings. The van der Waals surface area contributed by atoms with Gasteiger partial charge < -0.3 is 19.8 Å². The molecule has 2 heterocycles. The van der Waals surface area contributed by atoms with Gasteiger partial charge in [0.15, 0.2) is 11.5 Å². The number of methoxy groups -OCH3 is 1. The van der Waals surface area contributed by atoms with Gasteiger partial charge in [0.2, 0.25) is 5.91 Å². The van der Waals surface area contributed by atoms with Crippen LogP contribution in [-0.4, -0.2) is 41.1 Å². The maximum atomic E-state index is 12.5. The molecule has 0 atom stereocenters. The van der Waals surface area contributed by atoms with Gasteiger partial charge in [0.1, 0.15) is 5.82 Å². The molecule has 0 bridgehead atoms. The van der Waals surface area contributed by atoms with E-state index in [4.69, 9.17) is 4.74 Å². The monoisotopic (exact) mass is 444 g/mol. The van der Waals surface area contributed by atoms with Gasteiger partial charge in [-0.15, -0.1) is 0 Å². The number of benzene rings is 1. The van der Waals surface area contributed by atoms with Crippen LogP contribution in [0.2, 0.25) is 0 Å². The number of pyridine rings is 1. The first-order valence-electron chi connectivity index (χ1n) is 9.76. The molecule has 2 N–H and O–H groups in total. The molecule has 0 saturated carbocycles. The fourth-order valence-corrected chi connectivity index (χ4v) is 3.09. The quantitative estimate of drug-likeness (QED) is 0.526. The van der Waals surface area contributed by atoms with E-state index in [1.165, 1.54) is 19.2 Å². The van der Waals surface area contributed by atoms with Crippen molar-refractivity contribution in [1.82, 2.24) is 20.3 Å². The van der Waals surface area contributed by atoms with Crippen molar-refractivity contribution in [3.63, 3.8) is 0 Å². The number of aryl methyl sites for hydroxylation is 1. The van der Waals surface area contributed by atoms with Crippen LogP contribution in [0, 0.1) is 6.92 Å². The van der Waals surface area contributed by atoms with Crippen molar-refractivity contribution in [3.05, 3.63) is 69.9 Å². The molecule has 32 heavy (non-hydrogen) atoms. The van der Waals surface area contributed by atoms with Crippen LogP contribution in [0.15, 0.2) is 47.5 Å². The van der Waals surface area contributed by atoms with Gasteiger partial charge in [0.25, 0.3) is 5.56 Å². The number of halogens is 2. The second-order valence-electron chi connectivity index (χ2n) is 6.86. The maximum absolute atomic E-state index is 12.5. The lowest BCUT2D eigenvalue weighted by Gasteiger charge is -2.12. The number of amides is 1. The molecule has 168 valence electrons. The Morgan fingerprint density at radius 1 is 1.25 bits per heavy atom. The molecule has 2 aromatic heterocycles. The minimum absolute atomic E-state index is 0.0757. The van der Waals surface area contributed by atoms with E-state index in [0.717, 1.165) is 0 Å². The second-order valence-corrected chi connectivity index (χ2v) is 6.86. The second kappa shape index (κ2) is 10.5. The van der Waals surface area contributed by atoms with Crippen molar-refractivity contribution in [2.75, 3.05) is 13.7 Å². The zero-order chi connectivity index (χ0) is 23.1. The van der Waals surface area contributed by atoms with E-state index in [1.807, 2.05) is 0 Å². The number of carbonyl (C=O) groups is 1. The lowest BCUT2D eigenvalue weighted by molar-refractivity contribution is -0.120. The summed E-state index contributed by atoms with van der Waals surface area (Å²) in [5, 5.41) is 2.72. The summed E-state index contributed by atoms with van der Waals surface area (Å²) in [5.41, 5.74) is 1.67. The van der Waals surface area contributed by atoms with Crippen LogP contribution in [0.3, 0.4) is 0 Å². The van der Waals surface area contributed by atoms with E-state index in [1.54, 1.807) is 37.5 Å². The van der Waals surface area contributed by atoms with Crippen LogP contribution in [0.5, 0.6) is 11.5 Å². The number of carbonyl (C=O) groups excluding carboxylic acids is 1. The number of alkyl halides is 2. The van der Waals surface area contributed by atoms with Crippen LogP contribution in [0.4, 0.5) is 8.78 Å². The van der Waals surface area contributed by atoms with Crippen LogP contribution in [0.1, 0.15) is 16.8 Å². The van der Waals surface area contributed by atoms with E-state index in [2.05, 4.69) is 25.0 Å². The highest BCUT2D eigenvalue weighted by molar-refractivity contribution is 5.78. The summed E-state index contributed by atoms with van der Waals surface area (Å²) in [6, 6.07) is 8.16. The Balaban J connectivity index is 1.60. The van der Waals surface area contributed by atoms with Gasteiger partial charge >= 0.3 is 6.61 Å². The Hall–Kier alpha value is -3.82. The molecule has 1 amide bonds. The number of aromatic nitrogens is 3. The Morgan fingerprint density at radius 3 is 2.72 bits per heavy atom. The number of H-pyrrole nitrogens is 1. The predicted molar refractivity (Wildman–Crippen MR) is 113 cm³/mol. The summed E-state index contributed by atoms with van der Waals surface area (Å²) in [6.45, 7) is -1.06. The van der Waals surface area contributed by atoms with E-state index >= 15 is 0 Å². The Kier molecular flexibility index (Phi) is 7.48. The summed E-state index contributed by atoms with van der Waals surface area (Å²) in [7, 11) is 1.36. The fourth-order valence-electron chi connectivity index (χ4n) is 3.09. The third kappa shape index (κ3) is 5.87. The summed E-state index contributed by atoms with van der Waals surface area (Å²) >= 11 is 0. The molecule has 0 saturated heterocycles. The molecule has 8 nitrogen and oxygen atoms in total. The van der Waals surface area contributed by atoms with Gasteiger partial charge in [-0.2, -0.15) is 8.78 Å². The van der Waals surface area contributed by atoms with Gasteiger partial charge in [0.05, 0.1) is 13.5 Å². The Morgan fingerprint density at radius 2 is 2.06 bits per heavy atom. The number of nitrogens with one attached hydrogen (secondary N) is 2. The van der Waals surface area contributed by atoms with Gasteiger partial charge in [-0.05, 0) is 43.2 Å².